The van der Waals surface area contributed by atoms with Crippen molar-refractivity contribution in [3.05, 3.63) is 34.6 Å². The lowest BCUT2D eigenvalue weighted by Gasteiger charge is -2.41. The van der Waals surface area contributed by atoms with Gasteiger partial charge in [0, 0.05) is 19.0 Å². The van der Waals surface area contributed by atoms with Crippen LogP contribution in [0.5, 0.6) is 0 Å². The molecule has 1 aromatic rings. The molecule has 0 bridgehead atoms. The second-order valence-corrected chi connectivity index (χ2v) is 5.81. The molecule has 2 atom stereocenters. The minimum atomic E-state index is -0.822. The number of hydrogen-bond donors (Lipinski definition) is 1. The maximum Gasteiger partial charge on any atom is 0.145 e. The van der Waals surface area contributed by atoms with Crippen LogP contribution >= 0.6 is 11.6 Å². The van der Waals surface area contributed by atoms with Gasteiger partial charge in [-0.2, -0.15) is 0 Å². The van der Waals surface area contributed by atoms with E-state index in [1.807, 2.05) is 7.05 Å². The van der Waals surface area contributed by atoms with Crippen molar-refractivity contribution in [3.63, 3.8) is 0 Å². The molecule has 1 fully saturated rings. The highest BCUT2D eigenvalue weighted by molar-refractivity contribution is 6.30. The number of benzene rings is 1. The second kappa shape index (κ2) is 5.16. The van der Waals surface area contributed by atoms with Crippen LogP contribution in [-0.4, -0.2) is 35.2 Å². The van der Waals surface area contributed by atoms with E-state index in [0.29, 0.717) is 30.9 Å². The third kappa shape index (κ3) is 2.85. The molecular weight excluding hydrogens is 253 g/mol. The first-order valence-electron chi connectivity index (χ1n) is 6.27. The van der Waals surface area contributed by atoms with Gasteiger partial charge in [0.15, 0.2) is 0 Å². The molecule has 1 N–H and O–H groups in total. The Hall–Kier alpha value is -0.640. The van der Waals surface area contributed by atoms with E-state index in [4.69, 9.17) is 11.6 Å². The van der Waals surface area contributed by atoms with Crippen LogP contribution in [0.4, 0.5) is 4.39 Å². The number of rotatable bonds is 2. The number of nitrogens with zero attached hydrogens (tertiary/aromatic N) is 1. The van der Waals surface area contributed by atoms with Gasteiger partial charge in [-0.05, 0) is 38.4 Å². The Balaban J connectivity index is 2.15. The molecule has 1 aromatic carbocycles. The lowest BCUT2D eigenvalue weighted by atomic mass is 9.82. The maximum absolute atomic E-state index is 13.8. The van der Waals surface area contributed by atoms with Gasteiger partial charge in [-0.25, -0.2) is 4.39 Å². The minimum absolute atomic E-state index is 0.122. The zero-order chi connectivity index (χ0) is 13.3. The van der Waals surface area contributed by atoms with E-state index in [2.05, 4.69) is 11.8 Å². The molecule has 2 unspecified atom stereocenters. The summed E-state index contributed by atoms with van der Waals surface area (Å²) in [7, 11) is 2.05. The second-order valence-electron chi connectivity index (χ2n) is 5.40. The molecule has 0 amide bonds. The smallest absolute Gasteiger partial charge is 0.145 e. The van der Waals surface area contributed by atoms with E-state index in [1.54, 1.807) is 12.1 Å². The van der Waals surface area contributed by atoms with Crippen molar-refractivity contribution in [3.8, 4) is 0 Å². The molecule has 1 aliphatic rings. The van der Waals surface area contributed by atoms with Crippen LogP contribution in [0, 0.1) is 5.82 Å². The van der Waals surface area contributed by atoms with Gasteiger partial charge in [0.1, 0.15) is 5.82 Å². The zero-order valence-corrected chi connectivity index (χ0v) is 11.5. The average Bonchev–Trinajstić information content (AvgIpc) is 2.31. The lowest BCUT2D eigenvalue weighted by molar-refractivity contribution is -0.0358. The fourth-order valence-electron chi connectivity index (χ4n) is 2.61. The number of hydrogen-bond acceptors (Lipinski definition) is 2. The standard InChI is InChI=1S/C14H19ClFNO/c1-10-8-14(18,6-7-17(10)2)9-11-4-3-5-12(15)13(11)16/h3-5,10,18H,6-9H2,1-2H3. The van der Waals surface area contributed by atoms with Crippen LogP contribution in [-0.2, 0) is 6.42 Å². The van der Waals surface area contributed by atoms with Gasteiger partial charge in [-0.3, -0.25) is 0 Å². The summed E-state index contributed by atoms with van der Waals surface area (Å²) in [4.78, 5) is 2.21. The van der Waals surface area contributed by atoms with Gasteiger partial charge in [-0.1, -0.05) is 23.7 Å². The Labute approximate surface area is 112 Å². The van der Waals surface area contributed by atoms with Crippen LogP contribution in [0.25, 0.3) is 0 Å². The zero-order valence-electron chi connectivity index (χ0n) is 10.8. The molecule has 0 radical (unpaired) electrons. The summed E-state index contributed by atoms with van der Waals surface area (Å²) in [5.41, 5.74) is -0.320. The molecule has 18 heavy (non-hydrogen) atoms. The molecule has 1 aliphatic heterocycles. The summed E-state index contributed by atoms with van der Waals surface area (Å²) >= 11 is 5.76. The van der Waals surface area contributed by atoms with Gasteiger partial charge in [-0.15, -0.1) is 0 Å². The van der Waals surface area contributed by atoms with E-state index in [1.165, 1.54) is 6.07 Å². The highest BCUT2D eigenvalue weighted by Crippen LogP contribution is 2.31. The summed E-state index contributed by atoms with van der Waals surface area (Å²) < 4.78 is 13.8. The SMILES string of the molecule is CC1CC(O)(Cc2cccc(Cl)c2F)CCN1C. The van der Waals surface area contributed by atoms with Crippen molar-refractivity contribution in [1.82, 2.24) is 4.90 Å². The Bertz CT molecular complexity index is 440. The van der Waals surface area contributed by atoms with Crippen LogP contribution in [0.3, 0.4) is 0 Å². The summed E-state index contributed by atoms with van der Waals surface area (Å²) in [5, 5.41) is 10.7. The number of aliphatic hydroxyl groups is 1. The molecule has 0 aliphatic carbocycles. The van der Waals surface area contributed by atoms with Gasteiger partial charge in [0.05, 0.1) is 10.6 Å². The Morgan fingerprint density at radius 2 is 2.28 bits per heavy atom. The maximum atomic E-state index is 13.8. The first kappa shape index (κ1) is 13.8. The van der Waals surface area contributed by atoms with E-state index in [0.717, 1.165) is 6.54 Å². The fourth-order valence-corrected chi connectivity index (χ4v) is 2.81. The predicted octanol–water partition coefficient (Wildman–Crippen LogP) is 2.87. The third-order valence-electron chi connectivity index (χ3n) is 3.91. The third-order valence-corrected chi connectivity index (χ3v) is 4.20. The molecule has 2 nitrogen and oxygen atoms in total. The number of halogens is 2. The normalized spacial score (nSPS) is 29.5. The predicted molar refractivity (Wildman–Crippen MR) is 71.4 cm³/mol. The molecule has 1 heterocycles. The van der Waals surface area contributed by atoms with E-state index >= 15 is 0 Å². The Morgan fingerprint density at radius 3 is 2.94 bits per heavy atom. The first-order valence-corrected chi connectivity index (χ1v) is 6.65. The Morgan fingerprint density at radius 1 is 1.56 bits per heavy atom. The average molecular weight is 272 g/mol. The van der Waals surface area contributed by atoms with Crippen molar-refractivity contribution in [2.75, 3.05) is 13.6 Å². The molecule has 1 saturated heterocycles. The number of piperidine rings is 1. The monoisotopic (exact) mass is 271 g/mol. The van der Waals surface area contributed by atoms with Crippen LogP contribution < -0.4 is 0 Å². The number of likely N-dealkylation sites (tertiary alicyclic amines) is 1. The first-order chi connectivity index (χ1) is 8.41. The van der Waals surface area contributed by atoms with Crippen molar-refractivity contribution in [2.24, 2.45) is 0 Å². The van der Waals surface area contributed by atoms with E-state index in [-0.39, 0.29) is 5.02 Å². The molecule has 0 aromatic heterocycles. The van der Waals surface area contributed by atoms with Gasteiger partial charge < -0.3 is 10.0 Å². The van der Waals surface area contributed by atoms with Crippen LogP contribution in [0.2, 0.25) is 5.02 Å². The Kier molecular flexibility index (Phi) is 3.95. The topological polar surface area (TPSA) is 23.5 Å². The van der Waals surface area contributed by atoms with Crippen LogP contribution in [0.15, 0.2) is 18.2 Å². The molecule has 100 valence electrons. The molecule has 0 spiro atoms. The molecule has 4 heteroatoms. The largest absolute Gasteiger partial charge is 0.389 e. The summed E-state index contributed by atoms with van der Waals surface area (Å²) in [5.74, 6) is -0.404. The van der Waals surface area contributed by atoms with Crippen molar-refractivity contribution >= 4 is 11.6 Å². The quantitative estimate of drug-likeness (QED) is 0.894. The van der Waals surface area contributed by atoms with Gasteiger partial charge in [0.25, 0.3) is 0 Å². The highest BCUT2D eigenvalue weighted by atomic mass is 35.5. The van der Waals surface area contributed by atoms with Crippen molar-refractivity contribution in [2.45, 2.75) is 37.8 Å². The van der Waals surface area contributed by atoms with Crippen molar-refractivity contribution in [1.29, 1.82) is 0 Å². The van der Waals surface area contributed by atoms with E-state index < -0.39 is 11.4 Å². The van der Waals surface area contributed by atoms with Gasteiger partial charge >= 0.3 is 0 Å². The fraction of sp³-hybridized carbons (Fsp3) is 0.571. The summed E-state index contributed by atoms with van der Waals surface area (Å²) in [6, 6.07) is 5.26. The highest BCUT2D eigenvalue weighted by Gasteiger charge is 2.35. The van der Waals surface area contributed by atoms with Crippen molar-refractivity contribution < 1.29 is 9.50 Å². The lowest BCUT2D eigenvalue weighted by Crippen LogP contribution is -2.48. The van der Waals surface area contributed by atoms with Gasteiger partial charge in [0.2, 0.25) is 0 Å². The molecule has 2 rings (SSSR count). The summed E-state index contributed by atoms with van der Waals surface area (Å²) in [6.45, 7) is 2.91. The van der Waals surface area contributed by atoms with Crippen LogP contribution in [0.1, 0.15) is 25.3 Å². The van der Waals surface area contributed by atoms with E-state index in [9.17, 15) is 9.50 Å². The summed E-state index contributed by atoms with van der Waals surface area (Å²) in [6.07, 6.45) is 1.66. The molecule has 0 saturated carbocycles. The molecular formula is C14H19ClFNO. The minimum Gasteiger partial charge on any atom is -0.389 e.